The van der Waals surface area contributed by atoms with Crippen LogP contribution in [0.1, 0.15) is 24.6 Å². The third kappa shape index (κ3) is 2.91. The number of pyridine rings is 1. The topological polar surface area (TPSA) is 38.1 Å². The van der Waals surface area contributed by atoms with Gasteiger partial charge in [0.25, 0.3) is 5.56 Å². The Labute approximate surface area is 163 Å². The number of hydrogen-bond acceptors (Lipinski definition) is 5. The first kappa shape index (κ1) is 16.8. The molecule has 1 aliphatic carbocycles. The number of hydrogen-bond donors (Lipinski definition) is 0. The standard InChI is InChI=1S/C20H16FN3OS2/c1-23-15-8-5-12(21)10-16(15)26-20(23)18-19(25)24(14-6-7-14)17(27-18)11-13-4-2-3-9-22-13/h2-5,8-11,14H,6-7H2,1H3/b17-11-,20-18+. The van der Waals surface area contributed by atoms with Crippen molar-refractivity contribution in [1.82, 2.24) is 9.55 Å². The van der Waals surface area contributed by atoms with Crippen molar-refractivity contribution < 1.29 is 4.39 Å². The lowest BCUT2D eigenvalue weighted by Crippen LogP contribution is -2.33. The highest BCUT2D eigenvalue weighted by Crippen LogP contribution is 2.45. The number of thiazole rings is 1. The fourth-order valence-corrected chi connectivity index (χ4v) is 5.72. The van der Waals surface area contributed by atoms with Crippen molar-refractivity contribution in [1.29, 1.82) is 0 Å². The van der Waals surface area contributed by atoms with Crippen LogP contribution >= 0.6 is 23.1 Å². The van der Waals surface area contributed by atoms with E-state index in [9.17, 15) is 9.18 Å². The van der Waals surface area contributed by atoms with Gasteiger partial charge in [-0.3, -0.25) is 14.3 Å². The first-order valence-electron chi connectivity index (χ1n) is 8.71. The SMILES string of the molecule is CN1/C(=c2\s/c(=C\c3ccccn3)n(C3CC3)c2=O)Sc2cc(F)ccc21. The molecule has 1 aliphatic heterocycles. The summed E-state index contributed by atoms with van der Waals surface area (Å²) in [6.07, 6.45) is 5.78. The van der Waals surface area contributed by atoms with Crippen molar-refractivity contribution in [2.75, 3.05) is 11.9 Å². The largest absolute Gasteiger partial charge is 0.337 e. The van der Waals surface area contributed by atoms with E-state index in [0.717, 1.165) is 38.8 Å². The van der Waals surface area contributed by atoms with Crippen LogP contribution in [-0.4, -0.2) is 16.6 Å². The second kappa shape index (κ2) is 6.35. The summed E-state index contributed by atoms with van der Waals surface area (Å²) in [4.78, 5) is 20.4. The van der Waals surface area contributed by atoms with Gasteiger partial charge in [-0.15, -0.1) is 11.3 Å². The minimum atomic E-state index is -0.262. The number of benzene rings is 1. The fraction of sp³-hybridized carbons (Fsp3) is 0.200. The first-order chi connectivity index (χ1) is 13.1. The van der Waals surface area contributed by atoms with Crippen molar-refractivity contribution in [3.63, 3.8) is 0 Å². The lowest BCUT2D eigenvalue weighted by atomic mass is 10.3. The molecular weight excluding hydrogens is 381 g/mol. The molecular formula is C20H16FN3OS2. The third-order valence-corrected chi connectivity index (χ3v) is 7.16. The number of anilines is 1. The summed E-state index contributed by atoms with van der Waals surface area (Å²) in [6.45, 7) is 0. The number of nitrogens with zero attached hydrogens (tertiary/aromatic N) is 3. The molecule has 1 fully saturated rings. The van der Waals surface area contributed by atoms with Gasteiger partial charge in [-0.05, 0) is 49.2 Å². The Morgan fingerprint density at radius 1 is 1.26 bits per heavy atom. The van der Waals surface area contributed by atoms with E-state index in [2.05, 4.69) is 4.98 Å². The Hall–Kier alpha value is -2.38. The number of aromatic nitrogens is 2. The van der Waals surface area contributed by atoms with Crippen LogP contribution in [0.15, 0.2) is 52.3 Å². The van der Waals surface area contributed by atoms with E-state index in [1.165, 1.54) is 35.2 Å². The molecule has 0 spiro atoms. The molecule has 0 radical (unpaired) electrons. The van der Waals surface area contributed by atoms with Crippen molar-refractivity contribution >= 4 is 39.9 Å². The van der Waals surface area contributed by atoms with Crippen LogP contribution in [-0.2, 0) is 0 Å². The van der Waals surface area contributed by atoms with Crippen molar-refractivity contribution in [2.24, 2.45) is 0 Å². The molecule has 3 heterocycles. The Kier molecular flexibility index (Phi) is 3.94. The zero-order chi connectivity index (χ0) is 18.5. The van der Waals surface area contributed by atoms with Gasteiger partial charge in [0.2, 0.25) is 0 Å². The van der Waals surface area contributed by atoms with Gasteiger partial charge in [-0.1, -0.05) is 17.8 Å². The van der Waals surface area contributed by atoms with Crippen molar-refractivity contribution in [2.45, 2.75) is 23.8 Å². The van der Waals surface area contributed by atoms with Crippen LogP contribution in [0.25, 0.3) is 11.1 Å². The molecule has 27 heavy (non-hydrogen) atoms. The summed E-state index contributed by atoms with van der Waals surface area (Å²) >= 11 is 2.94. The van der Waals surface area contributed by atoms with Gasteiger partial charge in [0.15, 0.2) is 0 Å². The maximum Gasteiger partial charge on any atom is 0.272 e. The lowest BCUT2D eigenvalue weighted by molar-refractivity contribution is 0.624. The highest BCUT2D eigenvalue weighted by molar-refractivity contribution is 8.08. The van der Waals surface area contributed by atoms with Crippen LogP contribution in [0.5, 0.6) is 0 Å². The smallest absolute Gasteiger partial charge is 0.272 e. The van der Waals surface area contributed by atoms with Crippen LogP contribution < -0.4 is 19.7 Å². The van der Waals surface area contributed by atoms with Gasteiger partial charge >= 0.3 is 0 Å². The zero-order valence-corrected chi connectivity index (χ0v) is 16.2. The van der Waals surface area contributed by atoms with E-state index in [-0.39, 0.29) is 17.4 Å². The summed E-state index contributed by atoms with van der Waals surface area (Å²) in [7, 11) is 1.93. The van der Waals surface area contributed by atoms with E-state index in [0.29, 0.717) is 4.53 Å². The minimum absolute atomic E-state index is 0.0345. The quantitative estimate of drug-likeness (QED) is 0.667. The number of fused-ring (bicyclic) bond motifs is 1. The molecule has 0 bridgehead atoms. The lowest BCUT2D eigenvalue weighted by Gasteiger charge is -2.12. The second-order valence-electron chi connectivity index (χ2n) is 6.65. The van der Waals surface area contributed by atoms with Gasteiger partial charge in [-0.25, -0.2) is 4.39 Å². The molecule has 0 unspecified atom stereocenters. The summed E-state index contributed by atoms with van der Waals surface area (Å²) in [5.41, 5.74) is 1.80. The zero-order valence-electron chi connectivity index (χ0n) is 14.6. The summed E-state index contributed by atoms with van der Waals surface area (Å²) in [5, 5.41) is 0.862. The highest BCUT2D eigenvalue weighted by Gasteiger charge is 2.29. The van der Waals surface area contributed by atoms with E-state index in [1.807, 2.05) is 40.8 Å². The Morgan fingerprint density at radius 3 is 2.85 bits per heavy atom. The molecule has 0 saturated heterocycles. The number of thioether (sulfide) groups is 1. The molecule has 2 aromatic heterocycles. The van der Waals surface area contributed by atoms with Crippen LogP contribution in [0.2, 0.25) is 0 Å². The van der Waals surface area contributed by atoms with Gasteiger partial charge in [0.1, 0.15) is 20.0 Å². The minimum Gasteiger partial charge on any atom is -0.337 e. The van der Waals surface area contributed by atoms with Gasteiger partial charge in [-0.2, -0.15) is 0 Å². The van der Waals surface area contributed by atoms with Crippen molar-refractivity contribution in [3.05, 3.63) is 73.7 Å². The van der Waals surface area contributed by atoms with Crippen LogP contribution in [0.3, 0.4) is 0 Å². The van der Waals surface area contributed by atoms with Crippen LogP contribution in [0.4, 0.5) is 10.1 Å². The molecule has 1 aromatic carbocycles. The van der Waals surface area contributed by atoms with Crippen LogP contribution in [0, 0.1) is 5.82 Å². The average Bonchev–Trinajstić information content (AvgIpc) is 3.38. The van der Waals surface area contributed by atoms with Gasteiger partial charge < -0.3 is 4.90 Å². The van der Waals surface area contributed by atoms with Gasteiger partial charge in [0, 0.05) is 24.2 Å². The fourth-order valence-electron chi connectivity index (χ4n) is 3.23. The summed E-state index contributed by atoms with van der Waals surface area (Å²) < 4.78 is 17.1. The molecule has 2 aliphatic rings. The molecule has 1 saturated carbocycles. The van der Waals surface area contributed by atoms with Gasteiger partial charge in [0.05, 0.1) is 11.4 Å². The molecule has 0 N–H and O–H groups in total. The number of rotatable bonds is 2. The average molecular weight is 398 g/mol. The second-order valence-corrected chi connectivity index (χ2v) is 8.71. The van der Waals surface area contributed by atoms with E-state index in [4.69, 9.17) is 0 Å². The van der Waals surface area contributed by atoms with Crippen molar-refractivity contribution in [3.8, 4) is 0 Å². The van der Waals surface area contributed by atoms with E-state index >= 15 is 0 Å². The Bertz CT molecular complexity index is 1210. The van der Waals surface area contributed by atoms with E-state index in [1.54, 1.807) is 12.3 Å². The Morgan fingerprint density at radius 2 is 2.11 bits per heavy atom. The normalized spacial score (nSPS) is 18.9. The summed E-state index contributed by atoms with van der Waals surface area (Å²) in [6, 6.07) is 10.8. The highest BCUT2D eigenvalue weighted by atomic mass is 32.2. The first-order valence-corrected chi connectivity index (χ1v) is 10.3. The molecule has 3 aromatic rings. The molecule has 136 valence electrons. The molecule has 5 rings (SSSR count). The predicted molar refractivity (Wildman–Crippen MR) is 108 cm³/mol. The molecule has 0 amide bonds. The number of halogens is 1. The Balaban J connectivity index is 1.73. The maximum atomic E-state index is 13.6. The monoisotopic (exact) mass is 397 g/mol. The molecule has 0 atom stereocenters. The maximum absolute atomic E-state index is 13.6. The molecule has 7 heteroatoms. The molecule has 4 nitrogen and oxygen atoms in total. The summed E-state index contributed by atoms with van der Waals surface area (Å²) in [5.74, 6) is -0.262. The van der Waals surface area contributed by atoms with E-state index < -0.39 is 0 Å². The third-order valence-electron chi connectivity index (χ3n) is 4.72. The predicted octanol–water partition coefficient (Wildman–Crippen LogP) is 2.92.